The Morgan fingerprint density at radius 1 is 1.11 bits per heavy atom. The van der Waals surface area contributed by atoms with E-state index >= 15 is 0 Å². The summed E-state index contributed by atoms with van der Waals surface area (Å²) in [5.41, 5.74) is 0.255. The number of carbonyl (C=O) groups excluding carboxylic acids is 1. The summed E-state index contributed by atoms with van der Waals surface area (Å²) in [4.78, 5) is 24.0. The fourth-order valence-electron chi connectivity index (χ4n) is 3.41. The summed E-state index contributed by atoms with van der Waals surface area (Å²) in [5, 5.41) is 6.44. The number of hydrogen-bond donors (Lipinski definition) is 2. The molecule has 0 aromatic carbocycles. The minimum atomic E-state index is -0.472. The maximum absolute atomic E-state index is 12.1. The predicted molar refractivity (Wildman–Crippen MR) is 65.3 cm³/mol. The van der Waals surface area contributed by atoms with Crippen LogP contribution in [0.1, 0.15) is 36.2 Å². The second-order valence-electron chi connectivity index (χ2n) is 5.70. The summed E-state index contributed by atoms with van der Waals surface area (Å²) in [6, 6.07) is 4.91. The molecule has 0 unspecified atom stereocenters. The maximum atomic E-state index is 12.1. The molecule has 94 valence electrons. The average molecular weight is 245 g/mol. The molecule has 3 heterocycles. The van der Waals surface area contributed by atoms with Crippen LogP contribution < -0.4 is 16.2 Å². The molecule has 1 saturated carbocycles. The quantitative estimate of drug-likeness (QED) is 0.639. The number of rotatable bonds is 0. The third kappa shape index (κ3) is 1.20. The highest BCUT2D eigenvalue weighted by molar-refractivity contribution is 5.95. The zero-order valence-corrected chi connectivity index (χ0v) is 10.0. The van der Waals surface area contributed by atoms with Crippen molar-refractivity contribution >= 4 is 5.91 Å². The van der Waals surface area contributed by atoms with E-state index in [0.29, 0.717) is 11.2 Å². The van der Waals surface area contributed by atoms with Gasteiger partial charge in [-0.1, -0.05) is 6.07 Å². The Morgan fingerprint density at radius 3 is 2.50 bits per heavy atom. The molecule has 18 heavy (non-hydrogen) atoms. The van der Waals surface area contributed by atoms with Crippen LogP contribution in [-0.4, -0.2) is 22.6 Å². The number of fused-ring (bicyclic) bond motifs is 2. The third-order valence-electron chi connectivity index (χ3n) is 4.67. The van der Waals surface area contributed by atoms with Crippen LogP contribution in [-0.2, 0) is 5.66 Å². The molecule has 1 aromatic heterocycles. The van der Waals surface area contributed by atoms with Gasteiger partial charge in [0.15, 0.2) is 0 Å². The van der Waals surface area contributed by atoms with Gasteiger partial charge in [0.25, 0.3) is 11.5 Å². The summed E-state index contributed by atoms with van der Waals surface area (Å²) in [5.74, 6) is -0.118. The van der Waals surface area contributed by atoms with Crippen LogP contribution in [0.25, 0.3) is 0 Å². The van der Waals surface area contributed by atoms with Gasteiger partial charge in [-0.05, 0) is 31.7 Å². The van der Waals surface area contributed by atoms with Crippen molar-refractivity contribution in [1.29, 1.82) is 0 Å². The first-order valence-corrected chi connectivity index (χ1v) is 6.44. The SMILES string of the molecule is O=C1NC2(CCC3(CC2)CN3)n2c1cccc2=O. The van der Waals surface area contributed by atoms with Crippen LogP contribution in [0.15, 0.2) is 23.0 Å². The van der Waals surface area contributed by atoms with Crippen molar-refractivity contribution in [3.05, 3.63) is 34.2 Å². The van der Waals surface area contributed by atoms with Crippen LogP contribution >= 0.6 is 0 Å². The van der Waals surface area contributed by atoms with E-state index in [1.54, 1.807) is 16.7 Å². The first-order valence-electron chi connectivity index (χ1n) is 6.44. The molecule has 2 aliphatic heterocycles. The minimum Gasteiger partial charge on any atom is -0.327 e. The first-order chi connectivity index (χ1) is 8.64. The van der Waals surface area contributed by atoms with Gasteiger partial charge in [0.2, 0.25) is 0 Å². The number of pyridine rings is 1. The minimum absolute atomic E-state index is 0.0782. The molecule has 5 heteroatoms. The number of hydrogen-bond acceptors (Lipinski definition) is 3. The van der Waals surface area contributed by atoms with Gasteiger partial charge >= 0.3 is 0 Å². The second-order valence-corrected chi connectivity index (χ2v) is 5.70. The lowest BCUT2D eigenvalue weighted by molar-refractivity contribution is 0.0857. The molecule has 0 radical (unpaired) electrons. The summed E-state index contributed by atoms with van der Waals surface area (Å²) < 4.78 is 1.67. The molecule has 0 atom stereocenters. The van der Waals surface area contributed by atoms with Crippen molar-refractivity contribution in [1.82, 2.24) is 15.2 Å². The Bertz CT molecular complexity index is 590. The monoisotopic (exact) mass is 245 g/mol. The molecule has 2 fully saturated rings. The molecule has 1 amide bonds. The van der Waals surface area contributed by atoms with Gasteiger partial charge in [-0.15, -0.1) is 0 Å². The molecule has 5 nitrogen and oxygen atoms in total. The van der Waals surface area contributed by atoms with Crippen molar-refractivity contribution in [3.63, 3.8) is 0 Å². The predicted octanol–water partition coefficient (Wildman–Crippen LogP) is 0.160. The van der Waals surface area contributed by atoms with Crippen molar-refractivity contribution < 1.29 is 4.79 Å². The van der Waals surface area contributed by atoms with E-state index < -0.39 is 5.66 Å². The number of aromatic nitrogens is 1. The Kier molecular flexibility index (Phi) is 1.74. The molecule has 0 bridgehead atoms. The first kappa shape index (κ1) is 10.3. The van der Waals surface area contributed by atoms with E-state index in [1.165, 1.54) is 6.07 Å². The van der Waals surface area contributed by atoms with Crippen molar-refractivity contribution in [2.75, 3.05) is 6.54 Å². The van der Waals surface area contributed by atoms with Crippen molar-refractivity contribution in [2.45, 2.75) is 36.9 Å². The molecule has 1 aliphatic carbocycles. The highest BCUT2D eigenvalue weighted by Gasteiger charge is 2.53. The van der Waals surface area contributed by atoms with Gasteiger partial charge in [0.1, 0.15) is 11.4 Å². The van der Waals surface area contributed by atoms with E-state index in [9.17, 15) is 9.59 Å². The summed E-state index contributed by atoms with van der Waals surface area (Å²) in [6.07, 6.45) is 3.72. The average Bonchev–Trinajstić information content (AvgIpc) is 3.07. The van der Waals surface area contributed by atoms with E-state index in [4.69, 9.17) is 0 Å². The summed E-state index contributed by atoms with van der Waals surface area (Å²) in [7, 11) is 0. The smallest absolute Gasteiger partial charge is 0.269 e. The van der Waals surface area contributed by atoms with Gasteiger partial charge < -0.3 is 10.6 Å². The van der Waals surface area contributed by atoms with E-state index in [0.717, 1.165) is 32.2 Å². The molecule has 3 aliphatic rings. The molecule has 2 spiro atoms. The number of nitrogens with one attached hydrogen (secondary N) is 2. The van der Waals surface area contributed by atoms with Gasteiger partial charge in [-0.3, -0.25) is 14.2 Å². The second kappa shape index (κ2) is 3.03. The van der Waals surface area contributed by atoms with Crippen LogP contribution in [0.3, 0.4) is 0 Å². The number of carbonyl (C=O) groups is 1. The highest BCUT2D eigenvalue weighted by atomic mass is 16.2. The van der Waals surface area contributed by atoms with Crippen LogP contribution in [0.2, 0.25) is 0 Å². The van der Waals surface area contributed by atoms with E-state index in [1.807, 2.05) is 0 Å². The molecule has 1 aromatic rings. The molecular weight excluding hydrogens is 230 g/mol. The van der Waals surface area contributed by atoms with E-state index in [2.05, 4.69) is 10.6 Å². The molecular formula is C13H15N3O2. The molecule has 2 N–H and O–H groups in total. The van der Waals surface area contributed by atoms with Crippen LogP contribution in [0.4, 0.5) is 0 Å². The molecule has 4 rings (SSSR count). The van der Waals surface area contributed by atoms with Crippen LogP contribution in [0.5, 0.6) is 0 Å². The lowest BCUT2D eigenvalue weighted by atomic mass is 9.81. The van der Waals surface area contributed by atoms with Crippen LogP contribution in [0, 0.1) is 0 Å². The van der Waals surface area contributed by atoms with Crippen molar-refractivity contribution in [3.8, 4) is 0 Å². The van der Waals surface area contributed by atoms with Gasteiger partial charge in [-0.25, -0.2) is 0 Å². The number of nitrogens with zero attached hydrogens (tertiary/aromatic N) is 1. The van der Waals surface area contributed by atoms with Gasteiger partial charge in [-0.2, -0.15) is 0 Å². The standard InChI is InChI=1S/C13H15N3O2/c17-10-3-1-2-9-11(18)15-13(16(9)10)6-4-12(5-7-13)8-14-12/h1-3,14H,4-8H2,(H,15,18). The maximum Gasteiger partial charge on any atom is 0.269 e. The lowest BCUT2D eigenvalue weighted by Gasteiger charge is -2.38. The van der Waals surface area contributed by atoms with Gasteiger partial charge in [0.05, 0.1) is 0 Å². The van der Waals surface area contributed by atoms with Gasteiger partial charge in [0, 0.05) is 18.2 Å². The number of amides is 1. The molecule has 1 saturated heterocycles. The summed E-state index contributed by atoms with van der Waals surface area (Å²) >= 11 is 0. The highest BCUT2D eigenvalue weighted by Crippen LogP contribution is 2.43. The third-order valence-corrected chi connectivity index (χ3v) is 4.67. The Hall–Kier alpha value is -1.62. The zero-order chi connectivity index (χ0) is 12.4. The zero-order valence-electron chi connectivity index (χ0n) is 10.0. The Morgan fingerprint density at radius 2 is 1.83 bits per heavy atom. The summed E-state index contributed by atoms with van der Waals surface area (Å²) in [6.45, 7) is 1.08. The largest absolute Gasteiger partial charge is 0.327 e. The topological polar surface area (TPSA) is 73.0 Å². The lowest BCUT2D eigenvalue weighted by Crippen LogP contribution is -2.51. The normalized spacial score (nSPS) is 36.8. The fourth-order valence-corrected chi connectivity index (χ4v) is 3.41. The Balaban J connectivity index is 1.81. The Labute approximate surface area is 104 Å². The fraction of sp³-hybridized carbons (Fsp3) is 0.538. The van der Waals surface area contributed by atoms with Crippen molar-refractivity contribution in [2.24, 2.45) is 0 Å². The van der Waals surface area contributed by atoms with E-state index in [-0.39, 0.29) is 11.5 Å².